The van der Waals surface area contributed by atoms with Gasteiger partial charge in [-0.3, -0.25) is 10.1 Å². The third kappa shape index (κ3) is 2.08. The molecular formula is C9H15N3O. The highest BCUT2D eigenvalue weighted by Crippen LogP contribution is 2.08. The number of hydrogen-bond acceptors (Lipinski definition) is 3. The van der Waals surface area contributed by atoms with Gasteiger partial charge in [0.15, 0.2) is 0 Å². The molecule has 0 fully saturated rings. The fraction of sp³-hybridized carbons (Fsp3) is 0.556. The number of nitrogens with one attached hydrogen (secondary N) is 1. The molecule has 0 amide bonds. The van der Waals surface area contributed by atoms with Crippen molar-refractivity contribution in [3.8, 4) is 0 Å². The Bertz CT molecular complexity index is 304. The molecule has 0 atom stereocenters. The van der Waals surface area contributed by atoms with Gasteiger partial charge in [0.2, 0.25) is 5.90 Å². The molecule has 0 aliphatic heterocycles. The number of ether oxygens (including phenoxy) is 1. The quantitative estimate of drug-likeness (QED) is 0.565. The van der Waals surface area contributed by atoms with Crippen LogP contribution in [0.25, 0.3) is 0 Å². The van der Waals surface area contributed by atoms with Gasteiger partial charge >= 0.3 is 0 Å². The molecule has 1 N–H and O–H groups in total. The topological polar surface area (TPSA) is 50.9 Å². The zero-order chi connectivity index (χ0) is 9.84. The average molecular weight is 181 g/mol. The standard InChI is InChI=1S/C9H15N3O/c1-4-8-7(6-12(3)11-8)9(10)13-5-2/h6,10H,4-5H2,1-3H3. The number of nitrogens with zero attached hydrogens (tertiary/aromatic N) is 2. The lowest BCUT2D eigenvalue weighted by Crippen LogP contribution is -2.06. The predicted molar refractivity (Wildman–Crippen MR) is 51.0 cm³/mol. The summed E-state index contributed by atoms with van der Waals surface area (Å²) in [6, 6.07) is 0. The van der Waals surface area contributed by atoms with Gasteiger partial charge in [-0.05, 0) is 13.3 Å². The van der Waals surface area contributed by atoms with E-state index in [1.54, 1.807) is 4.68 Å². The first kappa shape index (κ1) is 9.77. The van der Waals surface area contributed by atoms with Gasteiger partial charge in [0.1, 0.15) is 0 Å². The van der Waals surface area contributed by atoms with E-state index in [4.69, 9.17) is 10.1 Å². The van der Waals surface area contributed by atoms with Gasteiger partial charge in [-0.25, -0.2) is 0 Å². The number of aromatic nitrogens is 2. The highest BCUT2D eigenvalue weighted by Gasteiger charge is 2.11. The SMILES string of the molecule is CCOC(=N)c1cn(C)nc1CC. The molecule has 1 aromatic heterocycles. The van der Waals surface area contributed by atoms with Crippen molar-refractivity contribution < 1.29 is 4.74 Å². The Hall–Kier alpha value is -1.32. The first-order valence-corrected chi connectivity index (χ1v) is 4.43. The number of rotatable bonds is 3. The van der Waals surface area contributed by atoms with Crippen molar-refractivity contribution >= 4 is 5.90 Å². The van der Waals surface area contributed by atoms with Crippen LogP contribution in [-0.4, -0.2) is 22.3 Å². The fourth-order valence-corrected chi connectivity index (χ4v) is 1.21. The van der Waals surface area contributed by atoms with Crippen LogP contribution in [0.1, 0.15) is 25.1 Å². The minimum atomic E-state index is 0.215. The van der Waals surface area contributed by atoms with Gasteiger partial charge in [0.25, 0.3) is 0 Å². The Labute approximate surface area is 78.0 Å². The lowest BCUT2D eigenvalue weighted by Gasteiger charge is -2.02. The molecule has 0 unspecified atom stereocenters. The number of aryl methyl sites for hydroxylation is 2. The van der Waals surface area contributed by atoms with Crippen molar-refractivity contribution in [3.63, 3.8) is 0 Å². The molecule has 0 aliphatic carbocycles. The van der Waals surface area contributed by atoms with Crippen LogP contribution in [0.3, 0.4) is 0 Å². The molecule has 0 bridgehead atoms. The van der Waals surface area contributed by atoms with Crippen molar-refractivity contribution in [1.29, 1.82) is 5.41 Å². The highest BCUT2D eigenvalue weighted by molar-refractivity contribution is 5.92. The molecule has 0 spiro atoms. The lowest BCUT2D eigenvalue weighted by atomic mass is 10.2. The molecular weight excluding hydrogens is 166 g/mol. The summed E-state index contributed by atoms with van der Waals surface area (Å²) in [4.78, 5) is 0. The van der Waals surface area contributed by atoms with Crippen LogP contribution in [-0.2, 0) is 18.2 Å². The van der Waals surface area contributed by atoms with Gasteiger partial charge in [-0.15, -0.1) is 0 Å². The van der Waals surface area contributed by atoms with Crippen molar-refractivity contribution in [2.24, 2.45) is 7.05 Å². The monoisotopic (exact) mass is 181 g/mol. The normalized spacial score (nSPS) is 10.1. The molecule has 0 aliphatic rings. The Morgan fingerprint density at radius 1 is 1.62 bits per heavy atom. The molecule has 4 nitrogen and oxygen atoms in total. The van der Waals surface area contributed by atoms with E-state index in [-0.39, 0.29) is 5.90 Å². The van der Waals surface area contributed by atoms with Crippen molar-refractivity contribution in [3.05, 3.63) is 17.5 Å². The van der Waals surface area contributed by atoms with E-state index >= 15 is 0 Å². The second kappa shape index (κ2) is 4.07. The Morgan fingerprint density at radius 2 is 2.31 bits per heavy atom. The van der Waals surface area contributed by atoms with Crippen molar-refractivity contribution in [2.45, 2.75) is 20.3 Å². The minimum Gasteiger partial charge on any atom is -0.478 e. The van der Waals surface area contributed by atoms with E-state index in [1.807, 2.05) is 27.1 Å². The van der Waals surface area contributed by atoms with E-state index in [1.165, 1.54) is 0 Å². The summed E-state index contributed by atoms with van der Waals surface area (Å²) in [7, 11) is 1.85. The zero-order valence-corrected chi connectivity index (χ0v) is 8.29. The molecule has 13 heavy (non-hydrogen) atoms. The van der Waals surface area contributed by atoms with Crippen molar-refractivity contribution in [1.82, 2.24) is 9.78 Å². The lowest BCUT2D eigenvalue weighted by molar-refractivity contribution is 0.325. The largest absolute Gasteiger partial charge is 0.478 e. The second-order valence-electron chi connectivity index (χ2n) is 2.78. The maximum atomic E-state index is 7.61. The van der Waals surface area contributed by atoms with Crippen molar-refractivity contribution in [2.75, 3.05) is 6.61 Å². The molecule has 0 saturated heterocycles. The van der Waals surface area contributed by atoms with Crippen LogP contribution in [0.5, 0.6) is 0 Å². The van der Waals surface area contributed by atoms with Crippen LogP contribution in [0.2, 0.25) is 0 Å². The molecule has 4 heteroatoms. The summed E-state index contributed by atoms with van der Waals surface area (Å²) in [6.45, 7) is 4.42. The smallest absolute Gasteiger partial charge is 0.216 e. The maximum Gasteiger partial charge on any atom is 0.216 e. The Morgan fingerprint density at radius 3 is 2.85 bits per heavy atom. The van der Waals surface area contributed by atoms with Gasteiger partial charge in [-0.2, -0.15) is 5.10 Å². The summed E-state index contributed by atoms with van der Waals surface area (Å²) in [5.41, 5.74) is 1.72. The van der Waals surface area contributed by atoms with Crippen LogP contribution in [0.4, 0.5) is 0 Å². The van der Waals surface area contributed by atoms with Gasteiger partial charge in [-0.1, -0.05) is 6.92 Å². The van der Waals surface area contributed by atoms with E-state index in [0.717, 1.165) is 17.7 Å². The Kier molecular flexibility index (Phi) is 3.06. The summed E-state index contributed by atoms with van der Waals surface area (Å²) < 4.78 is 6.82. The fourth-order valence-electron chi connectivity index (χ4n) is 1.21. The molecule has 1 aromatic rings. The minimum absolute atomic E-state index is 0.215. The summed E-state index contributed by atoms with van der Waals surface area (Å²) in [5, 5.41) is 11.8. The second-order valence-corrected chi connectivity index (χ2v) is 2.78. The average Bonchev–Trinajstić information content (AvgIpc) is 2.47. The molecule has 72 valence electrons. The third-order valence-corrected chi connectivity index (χ3v) is 1.77. The maximum absolute atomic E-state index is 7.61. The Balaban J connectivity index is 2.91. The molecule has 0 aromatic carbocycles. The molecule has 0 saturated carbocycles. The summed E-state index contributed by atoms with van der Waals surface area (Å²) in [5.74, 6) is 0.215. The van der Waals surface area contributed by atoms with Gasteiger partial charge in [0, 0.05) is 13.2 Å². The summed E-state index contributed by atoms with van der Waals surface area (Å²) >= 11 is 0. The van der Waals surface area contributed by atoms with E-state index in [0.29, 0.717) is 6.61 Å². The van der Waals surface area contributed by atoms with Crippen LogP contribution >= 0.6 is 0 Å². The van der Waals surface area contributed by atoms with Gasteiger partial charge < -0.3 is 4.74 Å². The molecule has 1 heterocycles. The number of hydrogen-bond donors (Lipinski definition) is 1. The van der Waals surface area contributed by atoms with Crippen LogP contribution in [0, 0.1) is 5.41 Å². The van der Waals surface area contributed by atoms with E-state index in [2.05, 4.69) is 5.10 Å². The summed E-state index contributed by atoms with van der Waals surface area (Å²) in [6.07, 6.45) is 2.64. The third-order valence-electron chi connectivity index (χ3n) is 1.77. The highest BCUT2D eigenvalue weighted by atomic mass is 16.5. The van der Waals surface area contributed by atoms with Crippen LogP contribution in [0.15, 0.2) is 6.20 Å². The van der Waals surface area contributed by atoms with E-state index < -0.39 is 0 Å². The predicted octanol–water partition coefficient (Wildman–Crippen LogP) is 1.34. The zero-order valence-electron chi connectivity index (χ0n) is 8.29. The molecule has 0 radical (unpaired) electrons. The molecule has 1 rings (SSSR count). The first-order chi connectivity index (χ1) is 6.19. The first-order valence-electron chi connectivity index (χ1n) is 4.43. The van der Waals surface area contributed by atoms with E-state index in [9.17, 15) is 0 Å². The van der Waals surface area contributed by atoms with Gasteiger partial charge in [0.05, 0.1) is 17.9 Å². The van der Waals surface area contributed by atoms with Crippen LogP contribution < -0.4 is 0 Å².